The van der Waals surface area contributed by atoms with Gasteiger partial charge in [0.25, 0.3) is 10.2 Å². The molecule has 0 aliphatic rings. The van der Waals surface area contributed by atoms with Gasteiger partial charge in [0.15, 0.2) is 0 Å². The second kappa shape index (κ2) is 3.93. The molecule has 0 bridgehead atoms. The molecule has 1 heterocycles. The van der Waals surface area contributed by atoms with Gasteiger partial charge in [-0.15, -0.1) is 11.3 Å². The highest BCUT2D eigenvalue weighted by Crippen LogP contribution is 2.26. The van der Waals surface area contributed by atoms with E-state index in [0.717, 1.165) is 4.88 Å². The summed E-state index contributed by atoms with van der Waals surface area (Å²) in [6.45, 7) is 1.70. The van der Waals surface area contributed by atoms with Crippen LogP contribution >= 0.6 is 22.9 Å². The first-order chi connectivity index (χ1) is 5.88. The van der Waals surface area contributed by atoms with Gasteiger partial charge in [-0.05, 0) is 19.1 Å². The van der Waals surface area contributed by atoms with Crippen molar-refractivity contribution in [2.45, 2.75) is 13.0 Å². The molecule has 0 aliphatic carbocycles. The van der Waals surface area contributed by atoms with Crippen molar-refractivity contribution in [3.8, 4) is 0 Å². The van der Waals surface area contributed by atoms with Gasteiger partial charge in [-0.3, -0.25) is 0 Å². The van der Waals surface area contributed by atoms with Gasteiger partial charge in [0, 0.05) is 4.88 Å². The molecule has 3 N–H and O–H groups in total. The van der Waals surface area contributed by atoms with Crippen molar-refractivity contribution in [2.24, 2.45) is 5.14 Å². The standard InChI is InChI=1S/C6H9ClN2O2S2/c1-4(9-13(8,10)11)5-2-3-6(7)12-5/h2-4,9H,1H3,(H2,8,10,11)/t4-/m0/s1. The maximum atomic E-state index is 10.7. The Labute approximate surface area is 85.9 Å². The van der Waals surface area contributed by atoms with E-state index in [9.17, 15) is 8.42 Å². The smallest absolute Gasteiger partial charge is 0.216 e. The Morgan fingerprint density at radius 1 is 1.62 bits per heavy atom. The molecule has 1 aromatic rings. The van der Waals surface area contributed by atoms with Crippen molar-refractivity contribution < 1.29 is 8.42 Å². The Kier molecular flexibility index (Phi) is 3.31. The van der Waals surface area contributed by atoms with Crippen LogP contribution in [0.4, 0.5) is 0 Å². The van der Waals surface area contributed by atoms with Gasteiger partial charge in [0.1, 0.15) is 0 Å². The van der Waals surface area contributed by atoms with Crippen LogP contribution in [0, 0.1) is 0 Å². The molecule has 0 amide bonds. The van der Waals surface area contributed by atoms with Crippen LogP contribution in [0.15, 0.2) is 12.1 Å². The van der Waals surface area contributed by atoms with Crippen molar-refractivity contribution in [1.82, 2.24) is 4.72 Å². The molecule has 0 saturated heterocycles. The Morgan fingerprint density at radius 3 is 2.62 bits per heavy atom. The van der Waals surface area contributed by atoms with Crippen molar-refractivity contribution in [3.63, 3.8) is 0 Å². The zero-order valence-corrected chi connectivity index (χ0v) is 9.21. The van der Waals surface area contributed by atoms with E-state index in [-0.39, 0.29) is 6.04 Å². The lowest BCUT2D eigenvalue weighted by Crippen LogP contribution is -2.32. The van der Waals surface area contributed by atoms with Crippen LogP contribution in [0.1, 0.15) is 17.8 Å². The first-order valence-corrected chi connectivity index (χ1v) is 6.18. The molecule has 7 heteroatoms. The van der Waals surface area contributed by atoms with Crippen LogP contribution in [0.2, 0.25) is 4.34 Å². The lowest BCUT2D eigenvalue weighted by atomic mass is 10.3. The Balaban J connectivity index is 2.75. The highest BCUT2D eigenvalue weighted by Gasteiger charge is 2.12. The van der Waals surface area contributed by atoms with Crippen molar-refractivity contribution in [2.75, 3.05) is 0 Å². The fourth-order valence-electron chi connectivity index (χ4n) is 0.865. The van der Waals surface area contributed by atoms with E-state index in [1.54, 1.807) is 19.1 Å². The van der Waals surface area contributed by atoms with Crippen LogP contribution in [-0.2, 0) is 10.2 Å². The average Bonchev–Trinajstić information content (AvgIpc) is 2.31. The van der Waals surface area contributed by atoms with Gasteiger partial charge in [-0.2, -0.15) is 13.1 Å². The predicted octanol–water partition coefficient (Wildman–Crippen LogP) is 1.26. The quantitative estimate of drug-likeness (QED) is 0.835. The summed E-state index contributed by atoms with van der Waals surface area (Å²) >= 11 is 7.01. The summed E-state index contributed by atoms with van der Waals surface area (Å²) < 4.78 is 24.2. The van der Waals surface area contributed by atoms with Gasteiger partial charge in [0.05, 0.1) is 10.4 Å². The maximum Gasteiger partial charge on any atom is 0.274 e. The molecule has 4 nitrogen and oxygen atoms in total. The summed E-state index contributed by atoms with van der Waals surface area (Å²) in [7, 11) is -3.65. The average molecular weight is 241 g/mol. The summed E-state index contributed by atoms with van der Waals surface area (Å²) in [4.78, 5) is 0.832. The number of rotatable bonds is 3. The van der Waals surface area contributed by atoms with Crippen molar-refractivity contribution >= 4 is 33.1 Å². The normalized spacial score (nSPS) is 14.4. The van der Waals surface area contributed by atoms with Crippen LogP contribution in [0.25, 0.3) is 0 Å². The van der Waals surface area contributed by atoms with Gasteiger partial charge in [0.2, 0.25) is 0 Å². The van der Waals surface area contributed by atoms with Crippen LogP contribution in [0.3, 0.4) is 0 Å². The van der Waals surface area contributed by atoms with E-state index in [1.807, 2.05) is 0 Å². The third-order valence-corrected chi connectivity index (χ3v) is 3.46. The van der Waals surface area contributed by atoms with Gasteiger partial charge >= 0.3 is 0 Å². The van der Waals surface area contributed by atoms with Crippen LogP contribution < -0.4 is 9.86 Å². The minimum atomic E-state index is -3.65. The van der Waals surface area contributed by atoms with Crippen molar-refractivity contribution in [1.29, 1.82) is 0 Å². The number of hydrogen-bond donors (Lipinski definition) is 2. The first-order valence-electron chi connectivity index (χ1n) is 3.44. The Hall–Kier alpha value is -0.140. The number of hydrogen-bond acceptors (Lipinski definition) is 3. The molecule has 0 aromatic carbocycles. The first kappa shape index (κ1) is 10.9. The van der Waals surface area contributed by atoms with E-state index < -0.39 is 10.2 Å². The highest BCUT2D eigenvalue weighted by atomic mass is 35.5. The lowest BCUT2D eigenvalue weighted by molar-refractivity contribution is 0.570. The van der Waals surface area contributed by atoms with Gasteiger partial charge < -0.3 is 0 Å². The summed E-state index contributed by atoms with van der Waals surface area (Å²) in [5.74, 6) is 0. The third-order valence-electron chi connectivity index (χ3n) is 1.36. The zero-order valence-electron chi connectivity index (χ0n) is 6.82. The monoisotopic (exact) mass is 240 g/mol. The topological polar surface area (TPSA) is 72.2 Å². The third kappa shape index (κ3) is 3.61. The Bertz CT molecular complexity index is 387. The molecule has 1 aromatic heterocycles. The van der Waals surface area contributed by atoms with Gasteiger partial charge in [-0.25, -0.2) is 5.14 Å². The second-order valence-corrected chi connectivity index (χ2v) is 5.60. The highest BCUT2D eigenvalue weighted by molar-refractivity contribution is 7.87. The van der Waals surface area contributed by atoms with E-state index >= 15 is 0 Å². The van der Waals surface area contributed by atoms with Crippen LogP contribution in [-0.4, -0.2) is 8.42 Å². The molecule has 0 saturated carbocycles. The molecule has 0 spiro atoms. The number of nitrogens with one attached hydrogen (secondary N) is 1. The Morgan fingerprint density at radius 2 is 2.23 bits per heavy atom. The molecule has 0 radical (unpaired) electrons. The fraction of sp³-hybridized carbons (Fsp3) is 0.333. The molecule has 1 rings (SSSR count). The molecular formula is C6H9ClN2O2S2. The largest absolute Gasteiger partial charge is 0.274 e. The maximum absolute atomic E-state index is 10.7. The zero-order chi connectivity index (χ0) is 10.1. The number of halogens is 1. The lowest BCUT2D eigenvalue weighted by Gasteiger charge is -2.08. The van der Waals surface area contributed by atoms with Gasteiger partial charge in [-0.1, -0.05) is 11.6 Å². The van der Waals surface area contributed by atoms with E-state index in [1.165, 1.54) is 11.3 Å². The molecule has 13 heavy (non-hydrogen) atoms. The van der Waals surface area contributed by atoms with Crippen LogP contribution in [0.5, 0.6) is 0 Å². The SMILES string of the molecule is C[C@H](NS(N)(=O)=O)c1ccc(Cl)s1. The van der Waals surface area contributed by atoms with E-state index in [0.29, 0.717) is 4.34 Å². The number of nitrogens with two attached hydrogens (primary N) is 1. The summed E-state index contributed by atoms with van der Waals surface area (Å²) in [5.41, 5.74) is 0. The number of thiophene rings is 1. The summed E-state index contributed by atoms with van der Waals surface area (Å²) in [6, 6.07) is 3.13. The molecule has 0 aliphatic heterocycles. The summed E-state index contributed by atoms with van der Waals surface area (Å²) in [5, 5.41) is 4.81. The molecule has 74 valence electrons. The minimum absolute atomic E-state index is 0.340. The van der Waals surface area contributed by atoms with Crippen molar-refractivity contribution in [3.05, 3.63) is 21.3 Å². The summed E-state index contributed by atoms with van der Waals surface area (Å²) in [6.07, 6.45) is 0. The van der Waals surface area contributed by atoms with E-state index in [4.69, 9.17) is 16.7 Å². The molecular weight excluding hydrogens is 232 g/mol. The molecule has 0 fully saturated rings. The predicted molar refractivity (Wildman–Crippen MR) is 54.0 cm³/mol. The van der Waals surface area contributed by atoms with E-state index in [2.05, 4.69) is 4.72 Å². The molecule has 0 unspecified atom stereocenters. The fourth-order valence-corrected chi connectivity index (χ4v) is 2.62. The molecule has 1 atom stereocenters. The minimum Gasteiger partial charge on any atom is -0.216 e. The second-order valence-electron chi connectivity index (χ2n) is 2.53.